The highest BCUT2D eigenvalue weighted by Gasteiger charge is 2.31. The van der Waals surface area contributed by atoms with Crippen LogP contribution in [0, 0.1) is 0 Å². The van der Waals surface area contributed by atoms with Crippen molar-refractivity contribution in [3.8, 4) is 0 Å². The summed E-state index contributed by atoms with van der Waals surface area (Å²) < 4.78 is 31.3. The zero-order chi connectivity index (χ0) is 15.7. The van der Waals surface area contributed by atoms with E-state index in [1.807, 2.05) is 0 Å². The Bertz CT molecular complexity index is 783. The molecule has 2 aromatic rings. The number of thiophene rings is 1. The number of ether oxygens (including phenoxy) is 1. The highest BCUT2D eigenvalue weighted by Crippen LogP contribution is 2.32. The first-order valence-corrected chi connectivity index (χ1v) is 9.51. The van der Waals surface area contributed by atoms with E-state index >= 15 is 0 Å². The molecule has 3 heterocycles. The van der Waals surface area contributed by atoms with E-state index in [2.05, 4.69) is 15.0 Å². The molecule has 0 atom stereocenters. The number of hydrogen-bond donors (Lipinski definition) is 1. The summed E-state index contributed by atoms with van der Waals surface area (Å²) in [5.41, 5.74) is 0.828. The van der Waals surface area contributed by atoms with Crippen LogP contribution in [0.4, 0.5) is 9.93 Å². The summed E-state index contributed by atoms with van der Waals surface area (Å²) in [6.45, 7) is 0.657. The van der Waals surface area contributed by atoms with E-state index in [9.17, 15) is 13.2 Å². The lowest BCUT2D eigenvalue weighted by molar-refractivity contribution is 0.187. The third-order valence-electron chi connectivity index (χ3n) is 3.18. The van der Waals surface area contributed by atoms with Crippen molar-refractivity contribution >= 4 is 43.9 Å². The van der Waals surface area contributed by atoms with Crippen LogP contribution in [0.5, 0.6) is 0 Å². The van der Waals surface area contributed by atoms with Crippen LogP contribution in [0.1, 0.15) is 10.6 Å². The van der Waals surface area contributed by atoms with Gasteiger partial charge in [-0.2, -0.15) is 4.31 Å². The Morgan fingerprint density at radius 1 is 1.50 bits per heavy atom. The minimum absolute atomic E-state index is 0.274. The molecule has 0 radical (unpaired) electrons. The molecule has 1 N–H and O–H groups in total. The van der Waals surface area contributed by atoms with Gasteiger partial charge in [0.05, 0.1) is 19.3 Å². The molecule has 2 aromatic heterocycles. The molecule has 0 bridgehead atoms. The van der Waals surface area contributed by atoms with Gasteiger partial charge in [0.15, 0.2) is 5.13 Å². The van der Waals surface area contributed by atoms with Gasteiger partial charge in [0, 0.05) is 17.8 Å². The zero-order valence-corrected chi connectivity index (χ0v) is 14.1. The number of methoxy groups -OCH3 is 1. The topological polar surface area (TPSA) is 88.6 Å². The van der Waals surface area contributed by atoms with Gasteiger partial charge in [-0.3, -0.25) is 5.32 Å². The molecule has 0 aliphatic carbocycles. The van der Waals surface area contributed by atoms with Gasteiger partial charge in [0.25, 0.3) is 10.0 Å². The number of anilines is 1. The Labute approximate surface area is 135 Å². The maximum Gasteiger partial charge on any atom is 0.413 e. The van der Waals surface area contributed by atoms with Crippen molar-refractivity contribution in [1.82, 2.24) is 9.29 Å². The number of aromatic nitrogens is 1. The molecule has 0 saturated carbocycles. The van der Waals surface area contributed by atoms with Crippen molar-refractivity contribution in [2.75, 3.05) is 19.0 Å². The van der Waals surface area contributed by atoms with E-state index in [1.54, 1.807) is 17.5 Å². The van der Waals surface area contributed by atoms with E-state index in [1.165, 1.54) is 34.1 Å². The van der Waals surface area contributed by atoms with Gasteiger partial charge in [-0.25, -0.2) is 18.2 Å². The molecule has 10 heteroatoms. The van der Waals surface area contributed by atoms with Crippen molar-refractivity contribution in [3.63, 3.8) is 0 Å². The molecular weight excluding hydrogens is 346 g/mol. The molecule has 0 aromatic carbocycles. The molecule has 0 spiro atoms. The van der Waals surface area contributed by atoms with E-state index in [0.717, 1.165) is 10.6 Å². The lowest BCUT2D eigenvalue weighted by Gasteiger charge is -2.24. The van der Waals surface area contributed by atoms with Gasteiger partial charge in [-0.15, -0.1) is 11.3 Å². The lowest BCUT2D eigenvalue weighted by atomic mass is 10.2. The number of rotatable bonds is 3. The lowest BCUT2D eigenvalue weighted by Crippen LogP contribution is -2.35. The summed E-state index contributed by atoms with van der Waals surface area (Å²) in [5.74, 6) is 0. The quantitative estimate of drug-likeness (QED) is 0.907. The number of sulfonamides is 1. The van der Waals surface area contributed by atoms with E-state index in [0.29, 0.717) is 22.3 Å². The fourth-order valence-electron chi connectivity index (χ4n) is 2.11. The zero-order valence-electron chi connectivity index (χ0n) is 11.6. The predicted molar refractivity (Wildman–Crippen MR) is 83.8 cm³/mol. The van der Waals surface area contributed by atoms with Crippen LogP contribution < -0.4 is 5.32 Å². The van der Waals surface area contributed by atoms with Crippen LogP contribution >= 0.6 is 22.7 Å². The van der Waals surface area contributed by atoms with Crippen molar-refractivity contribution in [2.45, 2.75) is 17.2 Å². The average molecular weight is 359 g/mol. The van der Waals surface area contributed by atoms with E-state index < -0.39 is 16.1 Å². The van der Waals surface area contributed by atoms with Crippen LogP contribution in [0.3, 0.4) is 0 Å². The molecule has 118 valence electrons. The summed E-state index contributed by atoms with van der Waals surface area (Å²) in [4.78, 5) is 16.4. The minimum atomic E-state index is -3.46. The summed E-state index contributed by atoms with van der Waals surface area (Å²) in [5, 5.41) is 4.68. The van der Waals surface area contributed by atoms with Crippen LogP contribution in [0.15, 0.2) is 21.7 Å². The van der Waals surface area contributed by atoms with Crippen LogP contribution in [-0.4, -0.2) is 37.5 Å². The number of amides is 1. The number of nitrogens with zero attached hydrogens (tertiary/aromatic N) is 2. The SMILES string of the molecule is COC(=O)Nc1nc2c(s1)CN(S(=O)(=O)c1cccs1)CC2. The first-order valence-electron chi connectivity index (χ1n) is 6.38. The first kappa shape index (κ1) is 15.4. The molecule has 7 nitrogen and oxygen atoms in total. The number of carbonyl (C=O) groups excluding carboxylic acids is 1. The van der Waals surface area contributed by atoms with Gasteiger partial charge >= 0.3 is 6.09 Å². The summed E-state index contributed by atoms with van der Waals surface area (Å²) in [7, 11) is -2.19. The number of thiazole rings is 1. The largest absolute Gasteiger partial charge is 0.453 e. The third-order valence-corrected chi connectivity index (χ3v) is 7.40. The highest BCUT2D eigenvalue weighted by atomic mass is 32.2. The van der Waals surface area contributed by atoms with Crippen molar-refractivity contribution in [1.29, 1.82) is 0 Å². The standard InChI is InChI=1S/C12H13N3O4S3/c1-19-12(16)14-11-13-8-4-5-15(7-9(8)21-11)22(17,18)10-3-2-6-20-10/h2-3,6H,4-5,7H2,1H3,(H,13,14,16). The van der Waals surface area contributed by atoms with Crippen molar-refractivity contribution in [2.24, 2.45) is 0 Å². The Morgan fingerprint density at radius 3 is 3.00 bits per heavy atom. The minimum Gasteiger partial charge on any atom is -0.453 e. The summed E-state index contributed by atoms with van der Waals surface area (Å²) in [6, 6.07) is 3.32. The second-order valence-corrected chi connectivity index (χ2v) is 8.72. The van der Waals surface area contributed by atoms with E-state index in [-0.39, 0.29) is 6.54 Å². The Kier molecular flexibility index (Phi) is 4.17. The molecule has 22 heavy (non-hydrogen) atoms. The third kappa shape index (κ3) is 2.86. The number of hydrogen-bond acceptors (Lipinski definition) is 7. The monoisotopic (exact) mass is 359 g/mol. The first-order chi connectivity index (χ1) is 10.5. The van der Waals surface area contributed by atoms with Gasteiger partial charge in [0.2, 0.25) is 0 Å². The molecule has 1 amide bonds. The smallest absolute Gasteiger partial charge is 0.413 e. The summed E-state index contributed by atoms with van der Waals surface area (Å²) in [6.07, 6.45) is -0.0617. The maximum atomic E-state index is 12.5. The average Bonchev–Trinajstić information content (AvgIpc) is 3.15. The molecule has 3 rings (SSSR count). The number of nitrogens with one attached hydrogen (secondary N) is 1. The van der Waals surface area contributed by atoms with Gasteiger partial charge < -0.3 is 4.74 Å². The van der Waals surface area contributed by atoms with Crippen LogP contribution in [0.25, 0.3) is 0 Å². The summed E-state index contributed by atoms with van der Waals surface area (Å²) >= 11 is 2.48. The Balaban J connectivity index is 1.81. The predicted octanol–water partition coefficient (Wildman–Crippen LogP) is 2.13. The molecule has 1 aliphatic rings. The molecule has 0 unspecified atom stereocenters. The molecule has 0 fully saturated rings. The molecular formula is C12H13N3O4S3. The number of fused-ring (bicyclic) bond motifs is 1. The second-order valence-electron chi connectivity index (χ2n) is 4.53. The maximum absolute atomic E-state index is 12.5. The molecule has 1 aliphatic heterocycles. The molecule has 0 saturated heterocycles. The fraction of sp³-hybridized carbons (Fsp3) is 0.333. The Morgan fingerprint density at radius 2 is 2.32 bits per heavy atom. The van der Waals surface area contributed by atoms with Gasteiger partial charge in [0.1, 0.15) is 4.21 Å². The second kappa shape index (κ2) is 5.95. The van der Waals surface area contributed by atoms with Crippen LogP contribution in [0.2, 0.25) is 0 Å². The van der Waals surface area contributed by atoms with Gasteiger partial charge in [-0.1, -0.05) is 17.4 Å². The van der Waals surface area contributed by atoms with Crippen LogP contribution in [-0.2, 0) is 27.7 Å². The normalized spacial score (nSPS) is 15.3. The van der Waals surface area contributed by atoms with Gasteiger partial charge in [-0.05, 0) is 11.4 Å². The van der Waals surface area contributed by atoms with Crippen molar-refractivity contribution < 1.29 is 17.9 Å². The van der Waals surface area contributed by atoms with Crippen molar-refractivity contribution in [3.05, 3.63) is 28.1 Å². The van der Waals surface area contributed by atoms with E-state index in [4.69, 9.17) is 0 Å². The highest BCUT2D eigenvalue weighted by molar-refractivity contribution is 7.91. The number of carbonyl (C=O) groups is 1. The Hall–Kier alpha value is -1.49. The fourth-order valence-corrected chi connectivity index (χ4v) is 5.75.